The summed E-state index contributed by atoms with van der Waals surface area (Å²) in [7, 11) is -2.04. The second-order valence-corrected chi connectivity index (χ2v) is 9.43. The highest BCUT2D eigenvalue weighted by atomic mass is 32.2. The minimum Gasteiger partial charge on any atom is -0.343 e. The van der Waals surface area contributed by atoms with E-state index >= 15 is 0 Å². The van der Waals surface area contributed by atoms with Crippen molar-refractivity contribution >= 4 is 15.9 Å². The fourth-order valence-corrected chi connectivity index (χ4v) is 5.55. The fraction of sp³-hybridized carbons (Fsp3) is 0.632. The first kappa shape index (κ1) is 20.2. The molecule has 2 aliphatic rings. The molecule has 1 aliphatic heterocycles. The largest absolute Gasteiger partial charge is 0.343 e. The highest BCUT2D eigenvalue weighted by Crippen LogP contribution is 2.28. The number of benzene rings is 1. The Labute approximate surface area is 159 Å². The molecule has 0 spiro atoms. The Morgan fingerprint density at radius 3 is 2.26 bits per heavy atom. The number of halogens is 2. The van der Waals surface area contributed by atoms with Gasteiger partial charge >= 0.3 is 0 Å². The number of amides is 1. The molecule has 8 heteroatoms. The van der Waals surface area contributed by atoms with Crippen LogP contribution in [0.1, 0.15) is 44.9 Å². The van der Waals surface area contributed by atoms with Crippen LogP contribution in [0.5, 0.6) is 0 Å². The molecule has 0 N–H and O–H groups in total. The zero-order valence-corrected chi connectivity index (χ0v) is 16.4. The van der Waals surface area contributed by atoms with Crippen molar-refractivity contribution in [1.29, 1.82) is 0 Å². The maximum atomic E-state index is 13.4. The van der Waals surface area contributed by atoms with E-state index in [1.165, 1.54) is 10.7 Å². The van der Waals surface area contributed by atoms with Gasteiger partial charge in [0.25, 0.3) is 0 Å². The van der Waals surface area contributed by atoms with E-state index in [1.54, 1.807) is 0 Å². The van der Waals surface area contributed by atoms with Crippen molar-refractivity contribution < 1.29 is 22.0 Å². The molecule has 27 heavy (non-hydrogen) atoms. The normalized spacial score (nSPS) is 20.6. The van der Waals surface area contributed by atoms with E-state index in [2.05, 4.69) is 0 Å². The lowest BCUT2D eigenvalue weighted by Crippen LogP contribution is -2.46. The van der Waals surface area contributed by atoms with Gasteiger partial charge in [-0.1, -0.05) is 19.3 Å². The van der Waals surface area contributed by atoms with Crippen LogP contribution in [0, 0.1) is 17.6 Å². The molecule has 1 aromatic carbocycles. The number of sulfonamides is 1. The zero-order chi connectivity index (χ0) is 19.6. The van der Waals surface area contributed by atoms with Gasteiger partial charge in [-0.25, -0.2) is 17.2 Å². The molecule has 5 nitrogen and oxygen atoms in total. The van der Waals surface area contributed by atoms with Crippen molar-refractivity contribution in [2.75, 3.05) is 20.1 Å². The van der Waals surface area contributed by atoms with E-state index in [0.29, 0.717) is 18.9 Å². The summed E-state index contributed by atoms with van der Waals surface area (Å²) in [6.45, 7) is 0.409. The lowest BCUT2D eigenvalue weighted by Gasteiger charge is -2.36. The summed E-state index contributed by atoms with van der Waals surface area (Å²) in [5.41, 5.74) is 0. The van der Waals surface area contributed by atoms with Crippen molar-refractivity contribution in [3.63, 3.8) is 0 Å². The smallest absolute Gasteiger partial charge is 0.243 e. The van der Waals surface area contributed by atoms with Crippen LogP contribution in [0.4, 0.5) is 8.78 Å². The summed E-state index contributed by atoms with van der Waals surface area (Å²) in [5, 5.41) is 0. The first-order valence-electron chi connectivity index (χ1n) is 9.52. The molecule has 1 amide bonds. The van der Waals surface area contributed by atoms with E-state index in [4.69, 9.17) is 0 Å². The number of carbonyl (C=O) groups is 1. The van der Waals surface area contributed by atoms with E-state index < -0.39 is 21.7 Å². The SMILES string of the molecule is CN(C(=O)C1CCN(S(=O)(=O)c2ccc(F)c(F)c2)CC1)C1CCCCC1. The van der Waals surface area contributed by atoms with Crippen LogP contribution in [0.3, 0.4) is 0 Å². The Hall–Kier alpha value is -1.54. The third-order valence-electron chi connectivity index (χ3n) is 5.80. The van der Waals surface area contributed by atoms with Gasteiger partial charge < -0.3 is 4.90 Å². The van der Waals surface area contributed by atoms with E-state index in [1.807, 2.05) is 11.9 Å². The Kier molecular flexibility index (Phi) is 6.15. The number of hydrogen-bond donors (Lipinski definition) is 0. The summed E-state index contributed by atoms with van der Waals surface area (Å²) in [5.74, 6) is -2.36. The molecule has 1 saturated carbocycles. The zero-order valence-electron chi connectivity index (χ0n) is 15.5. The van der Waals surface area contributed by atoms with Gasteiger partial charge in [-0.3, -0.25) is 4.79 Å². The minimum atomic E-state index is -3.89. The van der Waals surface area contributed by atoms with Gasteiger partial charge in [0, 0.05) is 32.1 Å². The topological polar surface area (TPSA) is 57.7 Å². The summed E-state index contributed by atoms with van der Waals surface area (Å²) in [4.78, 5) is 14.4. The lowest BCUT2D eigenvalue weighted by atomic mass is 9.91. The van der Waals surface area contributed by atoms with Gasteiger partial charge in [-0.05, 0) is 43.9 Å². The third kappa shape index (κ3) is 4.32. The number of rotatable bonds is 4. The summed E-state index contributed by atoms with van der Waals surface area (Å²) < 4.78 is 53.0. The maximum Gasteiger partial charge on any atom is 0.243 e. The minimum absolute atomic E-state index is 0.0896. The van der Waals surface area contributed by atoms with Crippen LogP contribution < -0.4 is 0 Å². The first-order chi connectivity index (χ1) is 12.8. The molecule has 1 saturated heterocycles. The first-order valence-corrected chi connectivity index (χ1v) is 11.0. The van der Waals surface area contributed by atoms with Crippen LogP contribution in [0.15, 0.2) is 23.1 Å². The number of piperidine rings is 1. The number of hydrogen-bond acceptors (Lipinski definition) is 3. The fourth-order valence-electron chi connectivity index (χ4n) is 4.07. The highest BCUT2D eigenvalue weighted by Gasteiger charge is 2.35. The van der Waals surface area contributed by atoms with E-state index in [-0.39, 0.29) is 35.9 Å². The summed E-state index contributed by atoms with van der Waals surface area (Å²) in [6, 6.07) is 2.88. The Balaban J connectivity index is 1.62. The second kappa shape index (κ2) is 8.22. The summed E-state index contributed by atoms with van der Waals surface area (Å²) in [6.07, 6.45) is 6.47. The lowest BCUT2D eigenvalue weighted by molar-refractivity contribution is -0.138. The average Bonchev–Trinajstić information content (AvgIpc) is 2.69. The molecule has 0 unspecified atom stereocenters. The van der Waals surface area contributed by atoms with Gasteiger partial charge in [0.2, 0.25) is 15.9 Å². The van der Waals surface area contributed by atoms with Gasteiger partial charge in [-0.2, -0.15) is 4.31 Å². The molecule has 2 fully saturated rings. The van der Waals surface area contributed by atoms with Gasteiger partial charge in [0.15, 0.2) is 11.6 Å². The predicted molar refractivity (Wildman–Crippen MR) is 97.5 cm³/mol. The average molecular weight is 400 g/mol. The van der Waals surface area contributed by atoms with Gasteiger partial charge in [0.1, 0.15) is 0 Å². The summed E-state index contributed by atoms with van der Waals surface area (Å²) >= 11 is 0. The standard InChI is InChI=1S/C19H26F2N2O3S/c1-22(15-5-3-2-4-6-15)19(24)14-9-11-23(12-10-14)27(25,26)16-7-8-17(20)18(21)13-16/h7-8,13-15H,2-6,9-12H2,1H3. The van der Waals surface area contributed by atoms with E-state index in [9.17, 15) is 22.0 Å². The second-order valence-electron chi connectivity index (χ2n) is 7.50. The molecule has 0 radical (unpaired) electrons. The molecule has 3 rings (SSSR count). The highest BCUT2D eigenvalue weighted by molar-refractivity contribution is 7.89. The van der Waals surface area contributed by atoms with Crippen LogP contribution in [-0.2, 0) is 14.8 Å². The quantitative estimate of drug-likeness (QED) is 0.780. The number of carbonyl (C=O) groups excluding carboxylic acids is 1. The van der Waals surface area contributed by atoms with Crippen molar-refractivity contribution in [2.45, 2.75) is 55.9 Å². The van der Waals surface area contributed by atoms with Crippen LogP contribution in [0.25, 0.3) is 0 Å². The predicted octanol–water partition coefficient (Wildman–Crippen LogP) is 3.16. The van der Waals surface area contributed by atoms with Crippen LogP contribution in [-0.4, -0.2) is 49.7 Å². The van der Waals surface area contributed by atoms with Crippen LogP contribution >= 0.6 is 0 Å². The molecular weight excluding hydrogens is 374 g/mol. The molecule has 150 valence electrons. The van der Waals surface area contributed by atoms with Crippen LogP contribution in [0.2, 0.25) is 0 Å². The molecule has 0 aromatic heterocycles. The van der Waals surface area contributed by atoms with Crippen molar-refractivity contribution in [2.24, 2.45) is 5.92 Å². The molecule has 0 atom stereocenters. The Morgan fingerprint density at radius 2 is 1.67 bits per heavy atom. The maximum absolute atomic E-state index is 13.4. The monoisotopic (exact) mass is 400 g/mol. The third-order valence-corrected chi connectivity index (χ3v) is 7.70. The van der Waals surface area contributed by atoms with Gasteiger partial charge in [0.05, 0.1) is 4.90 Å². The Morgan fingerprint density at radius 1 is 1.04 bits per heavy atom. The molecule has 1 aromatic rings. The molecular formula is C19H26F2N2O3S. The molecule has 1 aliphatic carbocycles. The number of nitrogens with zero attached hydrogens (tertiary/aromatic N) is 2. The van der Waals surface area contributed by atoms with Gasteiger partial charge in [-0.15, -0.1) is 0 Å². The van der Waals surface area contributed by atoms with Crippen molar-refractivity contribution in [3.8, 4) is 0 Å². The molecule has 0 bridgehead atoms. The molecule has 1 heterocycles. The Bertz CT molecular complexity index is 786. The van der Waals surface area contributed by atoms with E-state index in [0.717, 1.165) is 37.8 Å². The van der Waals surface area contributed by atoms with Crippen molar-refractivity contribution in [1.82, 2.24) is 9.21 Å². The van der Waals surface area contributed by atoms with Crippen molar-refractivity contribution in [3.05, 3.63) is 29.8 Å².